The molecule has 0 aromatic carbocycles. The molecule has 7 nitrogen and oxygen atoms in total. The topological polar surface area (TPSA) is 95.4 Å². The second-order valence-corrected chi connectivity index (χ2v) is 6.83. The third-order valence-corrected chi connectivity index (χ3v) is 5.21. The highest BCUT2D eigenvalue weighted by Crippen LogP contribution is 2.46. The van der Waals surface area contributed by atoms with Gasteiger partial charge in [-0.15, -0.1) is 0 Å². The Hall–Kier alpha value is -2.12. The number of nitrogens with one attached hydrogen (secondary N) is 2. The molecule has 3 aliphatic rings. The minimum atomic E-state index is -0.734. The fraction of sp³-hybridized carbons (Fsp3) is 0.667. The normalized spacial score (nSPS) is 34.7. The molecule has 3 fully saturated rings. The van der Waals surface area contributed by atoms with Gasteiger partial charge in [0.05, 0.1) is 0 Å². The minimum absolute atomic E-state index is 0.0154. The zero-order valence-electron chi connectivity index (χ0n) is 12.5. The van der Waals surface area contributed by atoms with Crippen molar-refractivity contribution < 1.29 is 18.4 Å². The summed E-state index contributed by atoms with van der Waals surface area (Å²) in [7, 11) is 0. The first-order valence-corrected chi connectivity index (χ1v) is 7.92. The van der Waals surface area contributed by atoms with E-state index in [1.807, 2.05) is 0 Å². The van der Waals surface area contributed by atoms with Crippen molar-refractivity contribution in [3.8, 4) is 0 Å². The first-order valence-electron chi connectivity index (χ1n) is 7.92. The highest BCUT2D eigenvalue weighted by molar-refractivity contribution is 5.92. The Morgan fingerprint density at radius 3 is 2.61 bits per heavy atom. The number of H-pyrrole nitrogens is 1. The Balaban J connectivity index is 1.24. The van der Waals surface area contributed by atoms with Crippen molar-refractivity contribution in [1.82, 2.24) is 15.2 Å². The Kier molecular flexibility index (Phi) is 3.28. The fourth-order valence-electron chi connectivity index (χ4n) is 3.79. The van der Waals surface area contributed by atoms with Crippen molar-refractivity contribution in [1.29, 1.82) is 0 Å². The van der Waals surface area contributed by atoms with Crippen LogP contribution in [0.3, 0.4) is 0 Å². The number of amides is 2. The number of halogens is 1. The van der Waals surface area contributed by atoms with Gasteiger partial charge in [0.15, 0.2) is 0 Å². The van der Waals surface area contributed by atoms with Gasteiger partial charge in [0, 0.05) is 37.4 Å². The predicted molar refractivity (Wildman–Crippen MR) is 76.4 cm³/mol. The van der Waals surface area contributed by atoms with Crippen LogP contribution in [0.2, 0.25) is 0 Å². The van der Waals surface area contributed by atoms with Crippen LogP contribution in [0.1, 0.15) is 29.8 Å². The Morgan fingerprint density at radius 1 is 1.35 bits per heavy atom. The molecular weight excluding hydrogens is 305 g/mol. The zero-order valence-corrected chi connectivity index (χ0v) is 12.5. The zero-order chi connectivity index (χ0) is 16.1. The summed E-state index contributed by atoms with van der Waals surface area (Å²) in [6, 6.07) is 0.121. The third kappa shape index (κ3) is 2.66. The summed E-state index contributed by atoms with van der Waals surface area (Å²) in [6.07, 6.45) is 1.79. The molecule has 0 radical (unpaired) electrons. The van der Waals surface area contributed by atoms with Gasteiger partial charge in [-0.2, -0.15) is 0 Å². The second-order valence-electron chi connectivity index (χ2n) is 6.83. The molecule has 23 heavy (non-hydrogen) atoms. The van der Waals surface area contributed by atoms with E-state index in [9.17, 15) is 18.8 Å². The number of aromatic amines is 1. The Bertz CT molecular complexity index is 681. The fourth-order valence-corrected chi connectivity index (χ4v) is 3.79. The largest absolute Gasteiger partial charge is 0.416 e. The average molecular weight is 323 g/mol. The van der Waals surface area contributed by atoms with E-state index >= 15 is 0 Å². The van der Waals surface area contributed by atoms with Crippen molar-refractivity contribution in [2.45, 2.75) is 31.5 Å². The van der Waals surface area contributed by atoms with Gasteiger partial charge in [-0.1, -0.05) is 0 Å². The minimum Gasteiger partial charge on any atom is -0.416 e. The maximum Gasteiger partial charge on any atom is 0.416 e. The van der Waals surface area contributed by atoms with E-state index in [2.05, 4.69) is 14.7 Å². The molecule has 2 heterocycles. The van der Waals surface area contributed by atoms with Crippen LogP contribution in [0, 0.1) is 17.8 Å². The lowest BCUT2D eigenvalue weighted by Gasteiger charge is -2.29. The molecular formula is C15H18FN3O4. The van der Waals surface area contributed by atoms with Gasteiger partial charge in [0.25, 0.3) is 5.91 Å². The molecule has 1 saturated heterocycles. The molecule has 4 rings (SSSR count). The first kappa shape index (κ1) is 14.5. The SMILES string of the molecule is O=C(CC1CC(F)C1)NC1[C@H]2CN(C(=O)c3coc(=O)[nH]3)C[C@@H]12. The standard InChI is InChI=1S/C15H18FN3O4/c16-8-1-7(2-8)3-12(20)18-13-9-4-19(5-10(9)13)14(21)11-6-23-15(22)17-11/h6-10,13H,1-5H2,(H,17,22)(H,18,20)/t7?,8?,9-,10+,13?. The monoisotopic (exact) mass is 323 g/mol. The van der Waals surface area contributed by atoms with Gasteiger partial charge < -0.3 is 14.6 Å². The van der Waals surface area contributed by atoms with Gasteiger partial charge in [-0.25, -0.2) is 9.18 Å². The van der Waals surface area contributed by atoms with Crippen LogP contribution in [-0.4, -0.2) is 47.0 Å². The van der Waals surface area contributed by atoms with Crippen molar-refractivity contribution in [3.63, 3.8) is 0 Å². The van der Waals surface area contributed by atoms with E-state index in [1.54, 1.807) is 4.90 Å². The lowest BCUT2D eigenvalue weighted by molar-refractivity contribution is -0.123. The van der Waals surface area contributed by atoms with Crippen molar-refractivity contribution in [2.24, 2.45) is 17.8 Å². The number of aromatic nitrogens is 1. The molecule has 2 aliphatic carbocycles. The van der Waals surface area contributed by atoms with Crippen LogP contribution < -0.4 is 11.1 Å². The lowest BCUT2D eigenvalue weighted by Crippen LogP contribution is -2.39. The first-order chi connectivity index (χ1) is 11.0. The van der Waals surface area contributed by atoms with Crippen LogP contribution >= 0.6 is 0 Å². The van der Waals surface area contributed by atoms with E-state index < -0.39 is 11.9 Å². The number of alkyl halides is 1. The van der Waals surface area contributed by atoms with Gasteiger partial charge in [-0.05, 0) is 18.8 Å². The van der Waals surface area contributed by atoms with Gasteiger partial charge >= 0.3 is 5.76 Å². The maximum absolute atomic E-state index is 12.7. The van der Waals surface area contributed by atoms with Crippen LogP contribution in [0.4, 0.5) is 4.39 Å². The van der Waals surface area contributed by atoms with Crippen LogP contribution in [0.5, 0.6) is 0 Å². The number of nitrogens with zero attached hydrogens (tertiary/aromatic N) is 1. The maximum atomic E-state index is 12.7. The van der Waals surface area contributed by atoms with E-state index in [-0.39, 0.29) is 41.3 Å². The molecule has 0 spiro atoms. The number of carbonyl (C=O) groups is 2. The summed E-state index contributed by atoms with van der Waals surface area (Å²) in [4.78, 5) is 39.0. The molecule has 3 atom stereocenters. The van der Waals surface area contributed by atoms with Crippen molar-refractivity contribution >= 4 is 11.8 Å². The van der Waals surface area contributed by atoms with Gasteiger partial charge in [0.1, 0.15) is 18.1 Å². The van der Waals surface area contributed by atoms with E-state index in [0.717, 1.165) is 6.26 Å². The number of piperidine rings is 1. The molecule has 124 valence electrons. The van der Waals surface area contributed by atoms with Crippen LogP contribution in [0.25, 0.3) is 0 Å². The summed E-state index contributed by atoms with van der Waals surface area (Å²) >= 11 is 0. The number of carbonyl (C=O) groups excluding carboxylic acids is 2. The number of oxazole rings is 1. The summed E-state index contributed by atoms with van der Waals surface area (Å²) in [5, 5.41) is 3.00. The summed E-state index contributed by atoms with van der Waals surface area (Å²) in [5.74, 6) is -0.183. The number of hydrogen-bond acceptors (Lipinski definition) is 4. The lowest BCUT2D eigenvalue weighted by atomic mass is 9.81. The van der Waals surface area contributed by atoms with Crippen molar-refractivity contribution in [3.05, 3.63) is 22.5 Å². The Labute approximate surface area is 131 Å². The molecule has 8 heteroatoms. The predicted octanol–water partition coefficient (Wildman–Crippen LogP) is 0.293. The number of hydrogen-bond donors (Lipinski definition) is 2. The molecule has 2 N–H and O–H groups in total. The molecule has 2 saturated carbocycles. The van der Waals surface area contributed by atoms with E-state index in [0.29, 0.717) is 32.4 Å². The number of fused-ring (bicyclic) bond motifs is 1. The summed E-state index contributed by atoms with van der Waals surface area (Å²) < 4.78 is 17.3. The summed E-state index contributed by atoms with van der Waals surface area (Å²) in [5.41, 5.74) is 0.155. The highest BCUT2D eigenvalue weighted by atomic mass is 19.1. The molecule has 1 aliphatic heterocycles. The molecule has 2 amide bonds. The van der Waals surface area contributed by atoms with E-state index in [1.165, 1.54) is 0 Å². The number of rotatable bonds is 4. The molecule has 0 bridgehead atoms. The van der Waals surface area contributed by atoms with Crippen LogP contribution in [-0.2, 0) is 4.79 Å². The summed E-state index contributed by atoms with van der Waals surface area (Å²) in [6.45, 7) is 1.13. The molecule has 1 aromatic heterocycles. The third-order valence-electron chi connectivity index (χ3n) is 5.21. The van der Waals surface area contributed by atoms with Gasteiger partial charge in [-0.3, -0.25) is 14.6 Å². The molecule has 1 aromatic rings. The van der Waals surface area contributed by atoms with Crippen molar-refractivity contribution in [2.75, 3.05) is 13.1 Å². The smallest absolute Gasteiger partial charge is 0.416 e. The van der Waals surface area contributed by atoms with Gasteiger partial charge in [0.2, 0.25) is 5.91 Å². The van der Waals surface area contributed by atoms with Crippen LogP contribution in [0.15, 0.2) is 15.5 Å². The highest BCUT2D eigenvalue weighted by Gasteiger charge is 2.57. The Morgan fingerprint density at radius 2 is 2.04 bits per heavy atom. The number of likely N-dealkylation sites (tertiary alicyclic amines) is 1. The second kappa shape index (κ2) is 5.21. The average Bonchev–Trinajstić information content (AvgIpc) is 2.86. The quantitative estimate of drug-likeness (QED) is 0.833. The molecule has 1 unspecified atom stereocenters. The van der Waals surface area contributed by atoms with E-state index in [4.69, 9.17) is 0 Å².